The summed E-state index contributed by atoms with van der Waals surface area (Å²) in [6.07, 6.45) is 0. The molecule has 0 aliphatic carbocycles. The molecule has 0 spiro atoms. The van der Waals surface area contributed by atoms with E-state index in [0.717, 1.165) is 11.1 Å². The maximum Gasteiger partial charge on any atom is 0.0874 e. The summed E-state index contributed by atoms with van der Waals surface area (Å²) in [5.41, 5.74) is 2.00. The molecule has 0 aliphatic heterocycles. The molecule has 1 unspecified atom stereocenters. The van der Waals surface area contributed by atoms with Crippen molar-refractivity contribution in [1.29, 1.82) is 0 Å². The highest BCUT2D eigenvalue weighted by molar-refractivity contribution is 5.34. The Morgan fingerprint density at radius 1 is 1.33 bits per heavy atom. The standard InChI is InChI=1S/C13H20O2/c1-10(9-14)11-7-5-6-8-12(11)13(2,3)15-4/h5-8,10,14H,9H2,1-4H3. The van der Waals surface area contributed by atoms with Crippen molar-refractivity contribution in [3.63, 3.8) is 0 Å². The van der Waals surface area contributed by atoms with Crippen molar-refractivity contribution in [3.05, 3.63) is 35.4 Å². The Labute approximate surface area is 91.9 Å². The molecule has 1 aromatic carbocycles. The lowest BCUT2D eigenvalue weighted by atomic mass is 9.87. The second-order valence-electron chi connectivity index (χ2n) is 4.39. The molecule has 2 nitrogen and oxygen atoms in total. The Hall–Kier alpha value is -0.860. The van der Waals surface area contributed by atoms with E-state index in [0.29, 0.717) is 0 Å². The van der Waals surface area contributed by atoms with Gasteiger partial charge in [0.25, 0.3) is 0 Å². The lowest BCUT2D eigenvalue weighted by Crippen LogP contribution is -2.22. The molecule has 2 heteroatoms. The SMILES string of the molecule is COC(C)(C)c1ccccc1C(C)CO. The van der Waals surface area contributed by atoms with Crippen molar-refractivity contribution in [2.75, 3.05) is 13.7 Å². The quantitative estimate of drug-likeness (QED) is 0.824. The summed E-state index contributed by atoms with van der Waals surface area (Å²) >= 11 is 0. The van der Waals surface area contributed by atoms with Gasteiger partial charge in [0.15, 0.2) is 0 Å². The van der Waals surface area contributed by atoms with Crippen LogP contribution in [0.15, 0.2) is 24.3 Å². The summed E-state index contributed by atoms with van der Waals surface area (Å²) in [7, 11) is 1.71. The first kappa shape index (κ1) is 12.2. The lowest BCUT2D eigenvalue weighted by Gasteiger charge is -2.28. The van der Waals surface area contributed by atoms with E-state index in [9.17, 15) is 5.11 Å². The minimum atomic E-state index is -0.306. The minimum Gasteiger partial charge on any atom is -0.396 e. The average Bonchev–Trinajstić information content (AvgIpc) is 2.28. The fraction of sp³-hybridized carbons (Fsp3) is 0.538. The fourth-order valence-electron chi connectivity index (χ4n) is 1.68. The van der Waals surface area contributed by atoms with Gasteiger partial charge in [-0.3, -0.25) is 0 Å². The molecule has 0 saturated heterocycles. The molecule has 1 atom stereocenters. The van der Waals surface area contributed by atoms with Crippen LogP contribution < -0.4 is 0 Å². The van der Waals surface area contributed by atoms with Crippen LogP contribution in [0.25, 0.3) is 0 Å². The van der Waals surface area contributed by atoms with Gasteiger partial charge in [0, 0.05) is 19.6 Å². The molecule has 0 fully saturated rings. The number of hydrogen-bond acceptors (Lipinski definition) is 2. The molecule has 0 amide bonds. The van der Waals surface area contributed by atoms with E-state index < -0.39 is 0 Å². The number of aliphatic hydroxyl groups excluding tert-OH is 1. The van der Waals surface area contributed by atoms with Crippen LogP contribution in [0.3, 0.4) is 0 Å². The summed E-state index contributed by atoms with van der Waals surface area (Å²) in [4.78, 5) is 0. The Kier molecular flexibility index (Phi) is 3.89. The van der Waals surface area contributed by atoms with Gasteiger partial charge in [-0.2, -0.15) is 0 Å². The Bertz CT molecular complexity index is 318. The van der Waals surface area contributed by atoms with E-state index in [1.54, 1.807) is 7.11 Å². The lowest BCUT2D eigenvalue weighted by molar-refractivity contribution is 0.0180. The average molecular weight is 208 g/mol. The van der Waals surface area contributed by atoms with Gasteiger partial charge in [-0.25, -0.2) is 0 Å². The molecule has 1 N–H and O–H groups in total. The van der Waals surface area contributed by atoms with E-state index in [1.807, 2.05) is 32.9 Å². The van der Waals surface area contributed by atoms with Crippen LogP contribution in [0.2, 0.25) is 0 Å². The monoisotopic (exact) mass is 208 g/mol. The number of hydrogen-bond donors (Lipinski definition) is 1. The van der Waals surface area contributed by atoms with Gasteiger partial charge in [0.05, 0.1) is 5.60 Å². The topological polar surface area (TPSA) is 29.5 Å². The highest BCUT2D eigenvalue weighted by atomic mass is 16.5. The van der Waals surface area contributed by atoms with Crippen molar-refractivity contribution < 1.29 is 9.84 Å². The first-order valence-electron chi connectivity index (χ1n) is 5.28. The van der Waals surface area contributed by atoms with E-state index in [1.165, 1.54) is 0 Å². The summed E-state index contributed by atoms with van der Waals surface area (Å²) in [5, 5.41) is 9.21. The Balaban J connectivity index is 3.17. The second-order valence-corrected chi connectivity index (χ2v) is 4.39. The normalized spacial score (nSPS) is 13.9. The number of rotatable bonds is 4. The van der Waals surface area contributed by atoms with Crippen molar-refractivity contribution >= 4 is 0 Å². The van der Waals surface area contributed by atoms with Crippen LogP contribution in [-0.2, 0) is 10.3 Å². The zero-order valence-electron chi connectivity index (χ0n) is 9.95. The molecule has 0 aromatic heterocycles. The van der Waals surface area contributed by atoms with Gasteiger partial charge in [-0.15, -0.1) is 0 Å². The van der Waals surface area contributed by atoms with Crippen LogP contribution in [0.1, 0.15) is 37.8 Å². The van der Waals surface area contributed by atoms with Crippen molar-refractivity contribution in [3.8, 4) is 0 Å². The van der Waals surface area contributed by atoms with Crippen LogP contribution in [0.4, 0.5) is 0 Å². The van der Waals surface area contributed by atoms with Gasteiger partial charge in [-0.1, -0.05) is 31.2 Å². The van der Waals surface area contributed by atoms with Crippen LogP contribution in [0, 0.1) is 0 Å². The largest absolute Gasteiger partial charge is 0.396 e. The van der Waals surface area contributed by atoms with E-state index >= 15 is 0 Å². The third-order valence-corrected chi connectivity index (χ3v) is 2.92. The molecule has 1 rings (SSSR count). The third-order valence-electron chi connectivity index (χ3n) is 2.92. The molecule has 0 bridgehead atoms. The van der Waals surface area contributed by atoms with Gasteiger partial charge in [-0.05, 0) is 25.0 Å². The second kappa shape index (κ2) is 4.77. The van der Waals surface area contributed by atoms with Gasteiger partial charge in [0.1, 0.15) is 0 Å². The number of aliphatic hydroxyl groups is 1. The Morgan fingerprint density at radius 3 is 2.47 bits per heavy atom. The first-order chi connectivity index (χ1) is 7.03. The maximum atomic E-state index is 9.21. The third kappa shape index (κ3) is 2.58. The molecule has 0 aliphatic rings. The molecule has 0 saturated carbocycles. The molecular formula is C13H20O2. The molecule has 15 heavy (non-hydrogen) atoms. The van der Waals surface area contributed by atoms with Crippen molar-refractivity contribution in [2.24, 2.45) is 0 Å². The minimum absolute atomic E-state index is 0.149. The van der Waals surface area contributed by atoms with Crippen molar-refractivity contribution in [1.82, 2.24) is 0 Å². The molecule has 1 aromatic rings. The predicted molar refractivity (Wildman–Crippen MR) is 62.0 cm³/mol. The first-order valence-corrected chi connectivity index (χ1v) is 5.28. The van der Waals surface area contributed by atoms with Gasteiger partial charge >= 0.3 is 0 Å². The highest BCUT2D eigenvalue weighted by Gasteiger charge is 2.24. The molecule has 0 heterocycles. The fourth-order valence-corrected chi connectivity index (χ4v) is 1.68. The summed E-state index contributed by atoms with van der Waals surface area (Å²) < 4.78 is 5.48. The van der Waals surface area contributed by atoms with Gasteiger partial charge in [0.2, 0.25) is 0 Å². The maximum absolute atomic E-state index is 9.21. The van der Waals surface area contributed by atoms with Crippen LogP contribution >= 0.6 is 0 Å². The van der Waals surface area contributed by atoms with E-state index in [-0.39, 0.29) is 18.1 Å². The summed E-state index contributed by atoms with van der Waals surface area (Å²) in [5.74, 6) is 0.149. The zero-order valence-corrected chi connectivity index (χ0v) is 9.95. The molecule has 0 radical (unpaired) electrons. The summed E-state index contributed by atoms with van der Waals surface area (Å²) in [6.45, 7) is 6.26. The number of ether oxygens (including phenoxy) is 1. The number of methoxy groups -OCH3 is 1. The summed E-state index contributed by atoms with van der Waals surface area (Å²) in [6, 6.07) is 8.11. The highest BCUT2D eigenvalue weighted by Crippen LogP contribution is 2.30. The van der Waals surface area contributed by atoms with Crippen LogP contribution in [0.5, 0.6) is 0 Å². The number of benzene rings is 1. The van der Waals surface area contributed by atoms with Crippen molar-refractivity contribution in [2.45, 2.75) is 32.3 Å². The van der Waals surface area contributed by atoms with Gasteiger partial charge < -0.3 is 9.84 Å². The van der Waals surface area contributed by atoms with E-state index in [2.05, 4.69) is 12.1 Å². The Morgan fingerprint density at radius 2 is 1.93 bits per heavy atom. The van der Waals surface area contributed by atoms with Crippen LogP contribution in [-0.4, -0.2) is 18.8 Å². The van der Waals surface area contributed by atoms with E-state index in [4.69, 9.17) is 4.74 Å². The smallest absolute Gasteiger partial charge is 0.0874 e. The molecule has 84 valence electrons. The molecular weight excluding hydrogens is 188 g/mol. The predicted octanol–water partition coefficient (Wildman–Crippen LogP) is 2.66. The zero-order chi connectivity index (χ0) is 11.5.